The number of hydrogen-bond acceptors (Lipinski definition) is 3. The van der Waals surface area contributed by atoms with Crippen molar-refractivity contribution in [1.29, 1.82) is 0 Å². The van der Waals surface area contributed by atoms with Gasteiger partial charge in [0.1, 0.15) is 11.5 Å². The number of nitrogen functional groups attached to an aromatic ring is 1. The molecule has 2 aromatic heterocycles. The summed E-state index contributed by atoms with van der Waals surface area (Å²) in [6.07, 6.45) is 0. The van der Waals surface area contributed by atoms with Crippen molar-refractivity contribution in [1.82, 2.24) is 9.38 Å². The molecular formula is C13H13N3S. The molecule has 17 heavy (non-hydrogen) atoms. The van der Waals surface area contributed by atoms with Crippen molar-refractivity contribution in [3.63, 3.8) is 0 Å². The molecule has 0 unspecified atom stereocenters. The van der Waals surface area contributed by atoms with Crippen LogP contribution in [0.1, 0.15) is 10.6 Å². The van der Waals surface area contributed by atoms with Crippen LogP contribution in [0.2, 0.25) is 0 Å². The predicted molar refractivity (Wildman–Crippen MR) is 72.4 cm³/mol. The zero-order chi connectivity index (χ0) is 12.0. The van der Waals surface area contributed by atoms with Crippen LogP contribution in [0.3, 0.4) is 0 Å². The first kappa shape index (κ1) is 10.4. The van der Waals surface area contributed by atoms with Crippen molar-refractivity contribution < 1.29 is 0 Å². The van der Waals surface area contributed by atoms with Crippen LogP contribution in [0, 0.1) is 13.8 Å². The van der Waals surface area contributed by atoms with Gasteiger partial charge in [0.2, 0.25) is 0 Å². The average molecular weight is 243 g/mol. The molecule has 0 aliphatic carbocycles. The van der Waals surface area contributed by atoms with Gasteiger partial charge in [0.15, 0.2) is 4.96 Å². The van der Waals surface area contributed by atoms with Gasteiger partial charge < -0.3 is 5.73 Å². The zero-order valence-electron chi connectivity index (χ0n) is 9.77. The Morgan fingerprint density at radius 1 is 1.18 bits per heavy atom. The molecule has 0 saturated carbocycles. The molecule has 86 valence electrons. The van der Waals surface area contributed by atoms with E-state index in [9.17, 15) is 0 Å². The molecule has 0 spiro atoms. The Labute approximate surface area is 104 Å². The third-order valence-electron chi connectivity index (χ3n) is 3.02. The number of fused-ring (bicyclic) bond motifs is 1. The van der Waals surface area contributed by atoms with Crippen LogP contribution in [0.4, 0.5) is 5.82 Å². The van der Waals surface area contributed by atoms with Gasteiger partial charge in [0, 0.05) is 16.1 Å². The summed E-state index contributed by atoms with van der Waals surface area (Å²) in [5, 5.41) is 0. The van der Waals surface area contributed by atoms with Crippen LogP contribution in [0.5, 0.6) is 0 Å². The Morgan fingerprint density at radius 2 is 1.88 bits per heavy atom. The molecular weight excluding hydrogens is 230 g/mol. The second-order valence-electron chi connectivity index (χ2n) is 4.07. The van der Waals surface area contributed by atoms with Crippen molar-refractivity contribution in [3.8, 4) is 11.3 Å². The number of aryl methyl sites for hydroxylation is 2. The molecule has 0 aliphatic rings. The van der Waals surface area contributed by atoms with Crippen molar-refractivity contribution in [2.45, 2.75) is 13.8 Å². The smallest absolute Gasteiger partial charge is 0.196 e. The zero-order valence-corrected chi connectivity index (χ0v) is 10.6. The van der Waals surface area contributed by atoms with E-state index in [1.54, 1.807) is 11.3 Å². The number of anilines is 1. The molecule has 1 aromatic carbocycles. The van der Waals surface area contributed by atoms with E-state index in [0.29, 0.717) is 0 Å². The van der Waals surface area contributed by atoms with Gasteiger partial charge in [0.05, 0.1) is 0 Å². The normalized spacial score (nSPS) is 11.2. The van der Waals surface area contributed by atoms with E-state index in [2.05, 4.69) is 18.8 Å². The first-order valence-electron chi connectivity index (χ1n) is 5.48. The second kappa shape index (κ2) is 3.60. The Balaban J connectivity index is 2.30. The summed E-state index contributed by atoms with van der Waals surface area (Å²) in [7, 11) is 0. The molecule has 0 saturated heterocycles. The van der Waals surface area contributed by atoms with Crippen LogP contribution in [-0.2, 0) is 0 Å². The van der Waals surface area contributed by atoms with Gasteiger partial charge in [-0.25, -0.2) is 4.98 Å². The molecule has 0 bridgehead atoms. The highest BCUT2D eigenvalue weighted by molar-refractivity contribution is 7.17. The van der Waals surface area contributed by atoms with Gasteiger partial charge in [-0.1, -0.05) is 30.3 Å². The third-order valence-corrected chi connectivity index (χ3v) is 4.08. The standard InChI is InChI=1S/C13H13N3S/c1-8-9(2)17-13-15-11(12(14)16(8)13)10-6-4-3-5-7-10/h3-7H,14H2,1-2H3. The Hall–Kier alpha value is -1.81. The van der Waals surface area contributed by atoms with Crippen molar-refractivity contribution in [3.05, 3.63) is 40.9 Å². The summed E-state index contributed by atoms with van der Waals surface area (Å²) >= 11 is 1.68. The molecule has 3 rings (SSSR count). The summed E-state index contributed by atoms with van der Waals surface area (Å²) < 4.78 is 2.03. The minimum Gasteiger partial charge on any atom is -0.383 e. The summed E-state index contributed by atoms with van der Waals surface area (Å²) in [6, 6.07) is 10.1. The van der Waals surface area contributed by atoms with Crippen molar-refractivity contribution in [2.24, 2.45) is 0 Å². The van der Waals surface area contributed by atoms with E-state index in [-0.39, 0.29) is 0 Å². The molecule has 3 nitrogen and oxygen atoms in total. The fourth-order valence-corrected chi connectivity index (χ4v) is 2.96. The van der Waals surface area contributed by atoms with Crippen LogP contribution in [0.25, 0.3) is 16.2 Å². The van der Waals surface area contributed by atoms with E-state index >= 15 is 0 Å². The molecule has 0 aliphatic heterocycles. The summed E-state index contributed by atoms with van der Waals surface area (Å²) in [6.45, 7) is 4.17. The number of nitrogens with two attached hydrogens (primary N) is 1. The lowest BCUT2D eigenvalue weighted by molar-refractivity contribution is 1.12. The molecule has 3 aromatic rings. The topological polar surface area (TPSA) is 43.3 Å². The number of imidazole rings is 1. The molecule has 0 amide bonds. The lowest BCUT2D eigenvalue weighted by atomic mass is 10.1. The Morgan fingerprint density at radius 3 is 2.53 bits per heavy atom. The number of rotatable bonds is 1. The second-order valence-corrected chi connectivity index (χ2v) is 5.25. The van der Waals surface area contributed by atoms with Crippen LogP contribution in [0.15, 0.2) is 30.3 Å². The van der Waals surface area contributed by atoms with Gasteiger partial charge >= 0.3 is 0 Å². The van der Waals surface area contributed by atoms with Gasteiger partial charge in [-0.3, -0.25) is 4.40 Å². The average Bonchev–Trinajstić information content (AvgIpc) is 2.80. The minimum absolute atomic E-state index is 0.730. The van der Waals surface area contributed by atoms with E-state index in [1.807, 2.05) is 34.7 Å². The third kappa shape index (κ3) is 1.45. The maximum Gasteiger partial charge on any atom is 0.196 e. The number of thiazole rings is 1. The molecule has 2 heterocycles. The fraction of sp³-hybridized carbons (Fsp3) is 0.154. The number of aromatic nitrogens is 2. The number of nitrogens with zero attached hydrogens (tertiary/aromatic N) is 2. The van der Waals surface area contributed by atoms with Gasteiger partial charge in [0.25, 0.3) is 0 Å². The van der Waals surface area contributed by atoms with Gasteiger partial charge in [-0.05, 0) is 13.8 Å². The highest BCUT2D eigenvalue weighted by Gasteiger charge is 2.15. The number of hydrogen-bond donors (Lipinski definition) is 1. The first-order chi connectivity index (χ1) is 8.18. The minimum atomic E-state index is 0.730. The lowest BCUT2D eigenvalue weighted by Crippen LogP contribution is -1.95. The van der Waals surface area contributed by atoms with Crippen molar-refractivity contribution in [2.75, 3.05) is 5.73 Å². The monoisotopic (exact) mass is 243 g/mol. The molecule has 0 radical (unpaired) electrons. The molecule has 4 heteroatoms. The maximum atomic E-state index is 6.19. The van der Waals surface area contributed by atoms with Crippen LogP contribution in [-0.4, -0.2) is 9.38 Å². The van der Waals surface area contributed by atoms with Crippen LogP contribution >= 0.6 is 11.3 Å². The Kier molecular flexibility index (Phi) is 2.19. The van der Waals surface area contributed by atoms with E-state index in [0.717, 1.165) is 22.0 Å². The number of benzene rings is 1. The largest absolute Gasteiger partial charge is 0.383 e. The summed E-state index contributed by atoms with van der Waals surface area (Å²) in [5.41, 5.74) is 9.31. The summed E-state index contributed by atoms with van der Waals surface area (Å²) in [4.78, 5) is 6.85. The van der Waals surface area contributed by atoms with Gasteiger partial charge in [-0.2, -0.15) is 0 Å². The van der Waals surface area contributed by atoms with E-state index in [4.69, 9.17) is 5.73 Å². The summed E-state index contributed by atoms with van der Waals surface area (Å²) in [5.74, 6) is 0.730. The van der Waals surface area contributed by atoms with Crippen LogP contribution < -0.4 is 5.73 Å². The SMILES string of the molecule is Cc1sc2nc(-c3ccccc3)c(N)n2c1C. The molecule has 0 fully saturated rings. The highest BCUT2D eigenvalue weighted by Crippen LogP contribution is 2.31. The fourth-order valence-electron chi connectivity index (χ4n) is 1.98. The van der Waals surface area contributed by atoms with E-state index in [1.165, 1.54) is 10.6 Å². The maximum absolute atomic E-state index is 6.19. The molecule has 2 N–H and O–H groups in total. The van der Waals surface area contributed by atoms with Crippen molar-refractivity contribution >= 4 is 22.1 Å². The molecule has 0 atom stereocenters. The lowest BCUT2D eigenvalue weighted by Gasteiger charge is -1.99. The van der Waals surface area contributed by atoms with Gasteiger partial charge in [-0.15, -0.1) is 11.3 Å². The quantitative estimate of drug-likeness (QED) is 0.713. The first-order valence-corrected chi connectivity index (χ1v) is 6.29. The predicted octanol–water partition coefficient (Wildman–Crippen LogP) is 3.26. The van der Waals surface area contributed by atoms with E-state index < -0.39 is 0 Å². The Bertz CT molecular complexity index is 680. The highest BCUT2D eigenvalue weighted by atomic mass is 32.1.